The fourth-order valence-electron chi connectivity index (χ4n) is 4.91. The second-order valence-corrected chi connectivity index (χ2v) is 10.8. The Balaban J connectivity index is 1.55. The molecule has 4 rings (SSSR count). The maximum Gasteiger partial charge on any atom is 0.573 e. The standard InChI is InChI=1S/C34H23F13O2/c1-2-3-4-5-6-17-9-22(35)21(23(36)10-17)8-7-18-11-24(37)30(25(38)12-18)19-13-26(39)31(27(40)14-19)33(43,44)48-20-15-28(41)32(29(42)16-20)49-34(45,46)47/h9-16,21-22H,2-6H2,1H3. The molecule has 0 radical (unpaired) electrons. The molecule has 0 aromatic heterocycles. The summed E-state index contributed by atoms with van der Waals surface area (Å²) in [6.45, 7) is 2.01. The fraction of sp³-hybridized carbons (Fsp3) is 0.294. The Bertz CT molecular complexity index is 1760. The van der Waals surface area contributed by atoms with Gasteiger partial charge in [-0.1, -0.05) is 38.0 Å². The topological polar surface area (TPSA) is 18.5 Å². The van der Waals surface area contributed by atoms with Crippen molar-refractivity contribution in [1.29, 1.82) is 0 Å². The van der Waals surface area contributed by atoms with Gasteiger partial charge in [0, 0.05) is 17.7 Å². The number of halogens is 13. The van der Waals surface area contributed by atoms with Crippen LogP contribution in [0.1, 0.15) is 50.2 Å². The summed E-state index contributed by atoms with van der Waals surface area (Å²) in [7, 11) is 0. The van der Waals surface area contributed by atoms with Crippen molar-refractivity contribution in [3.8, 4) is 34.5 Å². The predicted molar refractivity (Wildman–Crippen MR) is 151 cm³/mol. The third kappa shape index (κ3) is 9.10. The van der Waals surface area contributed by atoms with E-state index in [0.29, 0.717) is 24.1 Å². The van der Waals surface area contributed by atoms with E-state index in [0.717, 1.165) is 31.8 Å². The van der Waals surface area contributed by atoms with Gasteiger partial charge in [0.05, 0.1) is 5.56 Å². The zero-order valence-corrected chi connectivity index (χ0v) is 25.0. The Morgan fingerprint density at radius 1 is 0.714 bits per heavy atom. The summed E-state index contributed by atoms with van der Waals surface area (Å²) < 4.78 is 190. The molecule has 3 aromatic rings. The van der Waals surface area contributed by atoms with Crippen molar-refractivity contribution in [3.63, 3.8) is 0 Å². The van der Waals surface area contributed by atoms with Crippen LogP contribution in [0.5, 0.6) is 11.5 Å². The molecule has 15 heteroatoms. The van der Waals surface area contributed by atoms with Crippen LogP contribution in [0.4, 0.5) is 57.1 Å². The van der Waals surface area contributed by atoms with Crippen molar-refractivity contribution in [3.05, 3.63) is 106 Å². The number of alkyl halides is 6. The Morgan fingerprint density at radius 2 is 1.31 bits per heavy atom. The molecule has 2 unspecified atom stereocenters. The van der Waals surface area contributed by atoms with E-state index in [1.54, 1.807) is 0 Å². The maximum atomic E-state index is 15.0. The molecule has 3 aromatic carbocycles. The minimum atomic E-state index is -5.56. The van der Waals surface area contributed by atoms with Gasteiger partial charge in [-0.15, -0.1) is 13.2 Å². The summed E-state index contributed by atoms with van der Waals surface area (Å²) in [6.07, 6.45) is -6.11. The first-order valence-corrected chi connectivity index (χ1v) is 14.4. The molecule has 0 saturated carbocycles. The molecule has 0 saturated heterocycles. The Labute approximate surface area is 270 Å². The summed E-state index contributed by atoms with van der Waals surface area (Å²) in [5.41, 5.74) is -4.19. The van der Waals surface area contributed by atoms with Gasteiger partial charge in [-0.2, -0.15) is 8.78 Å². The van der Waals surface area contributed by atoms with Crippen LogP contribution < -0.4 is 9.47 Å². The molecule has 0 N–H and O–H groups in total. The molecular formula is C34H23F13O2. The number of ether oxygens (including phenoxy) is 2. The molecule has 2 atom stereocenters. The largest absolute Gasteiger partial charge is 0.573 e. The first-order valence-electron chi connectivity index (χ1n) is 14.4. The summed E-state index contributed by atoms with van der Waals surface area (Å²) in [6, 6.07) is 0.989. The monoisotopic (exact) mass is 710 g/mol. The van der Waals surface area contributed by atoms with Gasteiger partial charge in [0.1, 0.15) is 52.5 Å². The number of rotatable bonds is 10. The van der Waals surface area contributed by atoms with Crippen LogP contribution in [0.25, 0.3) is 11.1 Å². The number of hydrogen-bond donors (Lipinski definition) is 0. The Morgan fingerprint density at radius 3 is 1.84 bits per heavy atom. The average molecular weight is 711 g/mol. The molecule has 0 aliphatic heterocycles. The minimum Gasteiger partial charge on any atom is -0.429 e. The molecular weight excluding hydrogens is 687 g/mol. The van der Waals surface area contributed by atoms with E-state index >= 15 is 0 Å². The lowest BCUT2D eigenvalue weighted by molar-refractivity contribution is -0.276. The molecule has 0 amide bonds. The molecule has 0 heterocycles. The lowest BCUT2D eigenvalue weighted by atomic mass is 9.91. The normalized spacial score (nSPS) is 16.4. The van der Waals surface area contributed by atoms with Gasteiger partial charge in [-0.3, -0.25) is 0 Å². The summed E-state index contributed by atoms with van der Waals surface area (Å²) in [4.78, 5) is 0. The van der Waals surface area contributed by atoms with Crippen molar-refractivity contribution in [2.75, 3.05) is 0 Å². The van der Waals surface area contributed by atoms with Crippen LogP contribution in [0.3, 0.4) is 0 Å². The summed E-state index contributed by atoms with van der Waals surface area (Å²) >= 11 is 0. The molecule has 0 bridgehead atoms. The third-order valence-electron chi connectivity index (χ3n) is 7.10. The average Bonchev–Trinajstić information content (AvgIpc) is 2.95. The second kappa shape index (κ2) is 14.9. The number of allylic oxidation sites excluding steroid dienone is 4. The van der Waals surface area contributed by atoms with Crippen LogP contribution in [0.2, 0.25) is 0 Å². The second-order valence-electron chi connectivity index (χ2n) is 10.8. The van der Waals surface area contributed by atoms with E-state index in [-0.39, 0.29) is 24.3 Å². The molecule has 1 aliphatic carbocycles. The van der Waals surface area contributed by atoms with Gasteiger partial charge < -0.3 is 9.47 Å². The van der Waals surface area contributed by atoms with E-state index in [9.17, 15) is 57.1 Å². The highest BCUT2D eigenvalue weighted by Gasteiger charge is 2.42. The third-order valence-corrected chi connectivity index (χ3v) is 7.10. The highest BCUT2D eigenvalue weighted by molar-refractivity contribution is 5.67. The highest BCUT2D eigenvalue weighted by atomic mass is 19.4. The number of hydrogen-bond acceptors (Lipinski definition) is 2. The van der Waals surface area contributed by atoms with E-state index < -0.39 is 99.0 Å². The van der Waals surface area contributed by atoms with Crippen molar-refractivity contribution < 1.29 is 66.5 Å². The van der Waals surface area contributed by atoms with Crippen LogP contribution in [0.15, 0.2) is 60.0 Å². The molecule has 49 heavy (non-hydrogen) atoms. The first-order chi connectivity index (χ1) is 22.9. The van der Waals surface area contributed by atoms with Crippen LogP contribution >= 0.6 is 0 Å². The quantitative estimate of drug-likeness (QED) is 0.118. The van der Waals surface area contributed by atoms with Crippen LogP contribution in [0, 0.1) is 52.7 Å². The van der Waals surface area contributed by atoms with Gasteiger partial charge in [-0.05, 0) is 60.4 Å². The molecule has 0 fully saturated rings. The minimum absolute atomic E-state index is 0.0893. The molecule has 262 valence electrons. The van der Waals surface area contributed by atoms with E-state index in [1.807, 2.05) is 6.92 Å². The zero-order chi connectivity index (χ0) is 36.3. The van der Waals surface area contributed by atoms with E-state index in [4.69, 9.17) is 0 Å². The van der Waals surface area contributed by atoms with E-state index in [1.165, 1.54) is 6.08 Å². The van der Waals surface area contributed by atoms with E-state index in [2.05, 4.69) is 21.3 Å². The molecule has 0 spiro atoms. The summed E-state index contributed by atoms with van der Waals surface area (Å²) in [5.74, 6) is -13.0. The predicted octanol–water partition coefficient (Wildman–Crippen LogP) is 11.3. The van der Waals surface area contributed by atoms with Gasteiger partial charge in [-0.25, -0.2) is 35.1 Å². The Hall–Kier alpha value is -4.61. The van der Waals surface area contributed by atoms with Gasteiger partial charge in [0.25, 0.3) is 0 Å². The smallest absolute Gasteiger partial charge is 0.429 e. The highest BCUT2D eigenvalue weighted by Crippen LogP contribution is 2.40. The number of benzene rings is 3. The lowest BCUT2D eigenvalue weighted by Gasteiger charge is -2.21. The molecule has 2 nitrogen and oxygen atoms in total. The van der Waals surface area contributed by atoms with Crippen LogP contribution in [-0.2, 0) is 6.11 Å². The number of unbranched alkanes of at least 4 members (excludes halogenated alkanes) is 3. The Kier molecular flexibility index (Phi) is 11.3. The fourth-order valence-corrected chi connectivity index (χ4v) is 4.91. The zero-order valence-electron chi connectivity index (χ0n) is 25.0. The maximum absolute atomic E-state index is 15.0. The van der Waals surface area contributed by atoms with Gasteiger partial charge in [0.15, 0.2) is 11.6 Å². The van der Waals surface area contributed by atoms with Crippen molar-refractivity contribution >= 4 is 0 Å². The summed E-state index contributed by atoms with van der Waals surface area (Å²) in [5, 5.41) is 0. The lowest BCUT2D eigenvalue weighted by Crippen LogP contribution is -2.25. The SMILES string of the molecule is CCCCCCC1=CC(F)C(C#Cc2cc(F)c(-c3cc(F)c(C(F)(F)Oc4cc(F)c(OC(F)(F)F)c(F)c4)c(F)c3)c(F)c2)C(F)=C1. The van der Waals surface area contributed by atoms with Crippen molar-refractivity contribution in [1.82, 2.24) is 0 Å². The van der Waals surface area contributed by atoms with Gasteiger partial charge in [0.2, 0.25) is 5.75 Å². The first kappa shape index (κ1) is 37.2. The van der Waals surface area contributed by atoms with Crippen LogP contribution in [-0.4, -0.2) is 12.5 Å². The van der Waals surface area contributed by atoms with Gasteiger partial charge >= 0.3 is 12.5 Å². The van der Waals surface area contributed by atoms with Crippen molar-refractivity contribution in [2.45, 2.75) is 57.7 Å². The van der Waals surface area contributed by atoms with Crippen molar-refractivity contribution in [2.24, 2.45) is 5.92 Å². The molecule has 1 aliphatic rings.